The van der Waals surface area contributed by atoms with Crippen LogP contribution in [0.2, 0.25) is 0 Å². The molecule has 102 valence electrons. The molecule has 1 aliphatic heterocycles. The minimum atomic E-state index is 0.231. The first-order chi connectivity index (χ1) is 9.08. The van der Waals surface area contributed by atoms with Crippen molar-refractivity contribution >= 4 is 11.7 Å². The van der Waals surface area contributed by atoms with Crippen LogP contribution >= 0.6 is 0 Å². The number of anilines is 1. The molecular weight excluding hydrogens is 238 g/mol. The minimum Gasteiger partial charge on any atom is -0.353 e. The topological polar surface area (TPSA) is 36.4 Å². The van der Waals surface area contributed by atoms with Crippen LogP contribution in [0.1, 0.15) is 20.3 Å². The van der Waals surface area contributed by atoms with Gasteiger partial charge in [0.1, 0.15) is 5.82 Å². The standard InChI is InChI=1S/C15H21N3O/c1-15(2)11-12(15)14(19)18-9-7-17(8-10-18)13-5-3-4-6-16-13/h3-6,12H,7-11H2,1-2H3. The Kier molecular flexibility index (Phi) is 2.96. The molecule has 1 saturated heterocycles. The van der Waals surface area contributed by atoms with Crippen molar-refractivity contribution in [3.8, 4) is 0 Å². The van der Waals surface area contributed by atoms with E-state index in [-0.39, 0.29) is 11.3 Å². The van der Waals surface area contributed by atoms with Crippen molar-refractivity contribution in [1.82, 2.24) is 9.88 Å². The van der Waals surface area contributed by atoms with Gasteiger partial charge in [-0.1, -0.05) is 19.9 Å². The summed E-state index contributed by atoms with van der Waals surface area (Å²) in [4.78, 5) is 21.0. The van der Waals surface area contributed by atoms with Gasteiger partial charge in [-0.3, -0.25) is 4.79 Å². The number of carbonyl (C=O) groups is 1. The number of hydrogen-bond donors (Lipinski definition) is 0. The Morgan fingerprint density at radius 1 is 1.26 bits per heavy atom. The van der Waals surface area contributed by atoms with Crippen molar-refractivity contribution in [2.75, 3.05) is 31.1 Å². The van der Waals surface area contributed by atoms with Crippen molar-refractivity contribution < 1.29 is 4.79 Å². The second kappa shape index (κ2) is 4.51. The zero-order valence-electron chi connectivity index (χ0n) is 11.7. The number of rotatable bonds is 2. The monoisotopic (exact) mass is 259 g/mol. The van der Waals surface area contributed by atoms with Gasteiger partial charge in [-0.2, -0.15) is 0 Å². The van der Waals surface area contributed by atoms with Gasteiger partial charge in [0, 0.05) is 38.3 Å². The fourth-order valence-electron chi connectivity index (χ4n) is 2.81. The Bertz CT molecular complexity index is 464. The van der Waals surface area contributed by atoms with Gasteiger partial charge in [0.25, 0.3) is 0 Å². The van der Waals surface area contributed by atoms with E-state index in [4.69, 9.17) is 0 Å². The predicted octanol–water partition coefficient (Wildman–Crippen LogP) is 1.78. The zero-order chi connectivity index (χ0) is 13.5. The second-order valence-electron chi connectivity index (χ2n) is 6.25. The maximum absolute atomic E-state index is 12.3. The maximum atomic E-state index is 12.3. The lowest BCUT2D eigenvalue weighted by atomic mass is 10.1. The van der Waals surface area contributed by atoms with E-state index < -0.39 is 0 Å². The zero-order valence-corrected chi connectivity index (χ0v) is 11.7. The summed E-state index contributed by atoms with van der Waals surface area (Å²) in [5.41, 5.74) is 0.231. The highest BCUT2D eigenvalue weighted by atomic mass is 16.2. The van der Waals surface area contributed by atoms with Crippen LogP contribution in [0.25, 0.3) is 0 Å². The largest absolute Gasteiger partial charge is 0.353 e. The molecule has 2 fully saturated rings. The summed E-state index contributed by atoms with van der Waals surface area (Å²) in [7, 11) is 0. The van der Waals surface area contributed by atoms with E-state index in [9.17, 15) is 4.79 Å². The summed E-state index contributed by atoms with van der Waals surface area (Å²) in [6.45, 7) is 7.77. The number of piperazine rings is 1. The lowest BCUT2D eigenvalue weighted by Gasteiger charge is -2.35. The summed E-state index contributed by atoms with van der Waals surface area (Å²) in [6.07, 6.45) is 2.87. The molecule has 2 aliphatic rings. The van der Waals surface area contributed by atoms with E-state index in [1.54, 1.807) is 0 Å². The van der Waals surface area contributed by atoms with Crippen LogP contribution in [-0.4, -0.2) is 42.0 Å². The Labute approximate surface area is 114 Å². The molecule has 0 aromatic carbocycles. The van der Waals surface area contributed by atoms with E-state index in [2.05, 4.69) is 23.7 Å². The molecule has 0 bridgehead atoms. The Morgan fingerprint density at radius 2 is 1.95 bits per heavy atom. The lowest BCUT2D eigenvalue weighted by molar-refractivity contribution is -0.133. The first-order valence-electron chi connectivity index (χ1n) is 7.03. The molecule has 1 aliphatic carbocycles. The average Bonchev–Trinajstić information content (AvgIpc) is 3.08. The van der Waals surface area contributed by atoms with Crippen LogP contribution in [0.5, 0.6) is 0 Å². The smallest absolute Gasteiger partial charge is 0.226 e. The highest BCUT2D eigenvalue weighted by Crippen LogP contribution is 2.52. The fourth-order valence-corrected chi connectivity index (χ4v) is 2.81. The molecule has 1 unspecified atom stereocenters. The molecule has 1 atom stereocenters. The van der Waals surface area contributed by atoms with Gasteiger partial charge < -0.3 is 9.80 Å². The van der Waals surface area contributed by atoms with E-state index in [0.717, 1.165) is 38.4 Å². The molecule has 1 saturated carbocycles. The third-order valence-electron chi connectivity index (χ3n) is 4.38. The molecule has 4 nitrogen and oxygen atoms in total. The highest BCUT2D eigenvalue weighted by Gasteiger charge is 2.52. The lowest BCUT2D eigenvalue weighted by Crippen LogP contribution is -2.49. The SMILES string of the molecule is CC1(C)CC1C(=O)N1CCN(c2ccccn2)CC1. The van der Waals surface area contributed by atoms with Crippen LogP contribution in [0.4, 0.5) is 5.82 Å². The van der Waals surface area contributed by atoms with Gasteiger partial charge in [-0.15, -0.1) is 0 Å². The number of aromatic nitrogens is 1. The van der Waals surface area contributed by atoms with Gasteiger partial charge in [-0.25, -0.2) is 4.98 Å². The maximum Gasteiger partial charge on any atom is 0.226 e. The summed E-state index contributed by atoms with van der Waals surface area (Å²) in [5.74, 6) is 1.63. The summed E-state index contributed by atoms with van der Waals surface area (Å²) < 4.78 is 0. The Balaban J connectivity index is 1.57. The first-order valence-corrected chi connectivity index (χ1v) is 7.03. The first kappa shape index (κ1) is 12.5. The van der Waals surface area contributed by atoms with Gasteiger partial charge >= 0.3 is 0 Å². The van der Waals surface area contributed by atoms with Crippen LogP contribution in [-0.2, 0) is 4.79 Å². The minimum absolute atomic E-state index is 0.231. The molecular formula is C15H21N3O. The number of hydrogen-bond acceptors (Lipinski definition) is 3. The predicted molar refractivity (Wildman–Crippen MR) is 74.9 cm³/mol. The van der Waals surface area contributed by atoms with Gasteiger partial charge in [-0.05, 0) is 24.0 Å². The van der Waals surface area contributed by atoms with Crippen LogP contribution < -0.4 is 4.90 Å². The summed E-state index contributed by atoms with van der Waals surface area (Å²) in [6, 6.07) is 5.96. The van der Waals surface area contributed by atoms with Crippen LogP contribution in [0.3, 0.4) is 0 Å². The normalized spacial score (nSPS) is 25.3. The average molecular weight is 259 g/mol. The van der Waals surface area contributed by atoms with Crippen molar-refractivity contribution in [1.29, 1.82) is 0 Å². The van der Waals surface area contributed by atoms with Crippen molar-refractivity contribution in [2.45, 2.75) is 20.3 Å². The summed E-state index contributed by atoms with van der Waals surface area (Å²) >= 11 is 0. The number of amides is 1. The van der Waals surface area contributed by atoms with Crippen LogP contribution in [0.15, 0.2) is 24.4 Å². The highest BCUT2D eigenvalue weighted by molar-refractivity contribution is 5.82. The number of pyridine rings is 1. The third-order valence-corrected chi connectivity index (χ3v) is 4.38. The van der Waals surface area contributed by atoms with E-state index in [1.807, 2.05) is 29.3 Å². The molecule has 0 N–H and O–H groups in total. The molecule has 0 spiro atoms. The molecule has 1 amide bonds. The molecule has 0 radical (unpaired) electrons. The molecule has 1 aromatic heterocycles. The summed E-state index contributed by atoms with van der Waals surface area (Å²) in [5, 5.41) is 0. The van der Waals surface area contributed by atoms with Crippen molar-refractivity contribution in [3.63, 3.8) is 0 Å². The Morgan fingerprint density at radius 3 is 2.47 bits per heavy atom. The fraction of sp³-hybridized carbons (Fsp3) is 0.600. The number of carbonyl (C=O) groups excluding carboxylic acids is 1. The van der Waals surface area contributed by atoms with E-state index in [0.29, 0.717) is 5.91 Å². The Hall–Kier alpha value is -1.58. The van der Waals surface area contributed by atoms with E-state index >= 15 is 0 Å². The molecule has 4 heteroatoms. The molecule has 19 heavy (non-hydrogen) atoms. The molecule has 3 rings (SSSR count). The molecule has 2 heterocycles. The van der Waals surface area contributed by atoms with Crippen molar-refractivity contribution in [2.24, 2.45) is 11.3 Å². The van der Waals surface area contributed by atoms with Gasteiger partial charge in [0.15, 0.2) is 0 Å². The van der Waals surface area contributed by atoms with Crippen molar-refractivity contribution in [3.05, 3.63) is 24.4 Å². The van der Waals surface area contributed by atoms with Gasteiger partial charge in [0.05, 0.1) is 0 Å². The van der Waals surface area contributed by atoms with E-state index in [1.165, 1.54) is 0 Å². The third kappa shape index (κ3) is 2.44. The second-order valence-corrected chi connectivity index (χ2v) is 6.25. The number of nitrogens with zero attached hydrogens (tertiary/aromatic N) is 3. The van der Waals surface area contributed by atoms with Crippen LogP contribution in [0, 0.1) is 11.3 Å². The molecule has 1 aromatic rings. The quantitative estimate of drug-likeness (QED) is 0.812. The van der Waals surface area contributed by atoms with Gasteiger partial charge in [0.2, 0.25) is 5.91 Å².